The lowest BCUT2D eigenvalue weighted by Crippen LogP contribution is -2.28. The van der Waals surface area contributed by atoms with E-state index >= 15 is 0 Å². The van der Waals surface area contributed by atoms with E-state index in [9.17, 15) is 0 Å². The van der Waals surface area contributed by atoms with Gasteiger partial charge in [0.2, 0.25) is 0 Å². The first-order chi connectivity index (χ1) is 5.25. The Morgan fingerprint density at radius 1 is 1.64 bits per heavy atom. The highest BCUT2D eigenvalue weighted by molar-refractivity contribution is 4.83. The van der Waals surface area contributed by atoms with Crippen LogP contribution in [0.25, 0.3) is 0 Å². The predicted octanol–water partition coefficient (Wildman–Crippen LogP) is 1.27. The van der Waals surface area contributed by atoms with Crippen molar-refractivity contribution in [2.75, 3.05) is 20.3 Å². The smallest absolute Gasteiger partial charge is 0.0491 e. The van der Waals surface area contributed by atoms with Crippen molar-refractivity contribution in [3.63, 3.8) is 0 Å². The normalized spacial score (nSPS) is 34.1. The molecule has 1 heterocycles. The number of ether oxygens (including phenoxy) is 1. The summed E-state index contributed by atoms with van der Waals surface area (Å²) in [6.07, 6.45) is 1.31. The SMILES string of the molecule is COCC(C)C1CCNC1C. The summed E-state index contributed by atoms with van der Waals surface area (Å²) in [4.78, 5) is 0. The average molecular weight is 157 g/mol. The van der Waals surface area contributed by atoms with Gasteiger partial charge in [-0.3, -0.25) is 0 Å². The van der Waals surface area contributed by atoms with Crippen molar-refractivity contribution in [3.8, 4) is 0 Å². The lowest BCUT2D eigenvalue weighted by atomic mass is 9.89. The molecule has 0 bridgehead atoms. The van der Waals surface area contributed by atoms with Crippen LogP contribution in [0.2, 0.25) is 0 Å². The van der Waals surface area contributed by atoms with Gasteiger partial charge < -0.3 is 10.1 Å². The molecule has 0 aliphatic carbocycles. The highest BCUT2D eigenvalue weighted by Gasteiger charge is 2.27. The van der Waals surface area contributed by atoms with Crippen LogP contribution >= 0.6 is 0 Å². The summed E-state index contributed by atoms with van der Waals surface area (Å²) in [6.45, 7) is 6.62. The molecule has 0 spiro atoms. The highest BCUT2D eigenvalue weighted by atomic mass is 16.5. The summed E-state index contributed by atoms with van der Waals surface area (Å²) in [7, 11) is 1.78. The molecule has 1 aliphatic heterocycles. The van der Waals surface area contributed by atoms with Crippen molar-refractivity contribution < 1.29 is 4.74 Å². The van der Waals surface area contributed by atoms with E-state index < -0.39 is 0 Å². The molecule has 1 aliphatic rings. The molecule has 1 saturated heterocycles. The van der Waals surface area contributed by atoms with Gasteiger partial charge in [-0.15, -0.1) is 0 Å². The predicted molar refractivity (Wildman–Crippen MR) is 46.6 cm³/mol. The third kappa shape index (κ3) is 2.17. The van der Waals surface area contributed by atoms with Gasteiger partial charge in [0.05, 0.1) is 0 Å². The van der Waals surface area contributed by atoms with E-state index in [1.54, 1.807) is 7.11 Å². The van der Waals surface area contributed by atoms with E-state index in [1.165, 1.54) is 13.0 Å². The Morgan fingerprint density at radius 2 is 2.36 bits per heavy atom. The highest BCUT2D eigenvalue weighted by Crippen LogP contribution is 2.23. The molecule has 0 radical (unpaired) electrons. The minimum absolute atomic E-state index is 0.681. The van der Waals surface area contributed by atoms with Crippen molar-refractivity contribution in [2.45, 2.75) is 26.3 Å². The summed E-state index contributed by atoms with van der Waals surface area (Å²) in [6, 6.07) is 0.681. The first-order valence-corrected chi connectivity index (χ1v) is 4.48. The van der Waals surface area contributed by atoms with Crippen molar-refractivity contribution in [1.29, 1.82) is 0 Å². The van der Waals surface area contributed by atoms with Gasteiger partial charge >= 0.3 is 0 Å². The van der Waals surface area contributed by atoms with E-state index in [4.69, 9.17) is 4.74 Å². The minimum atomic E-state index is 0.681. The Balaban J connectivity index is 2.33. The van der Waals surface area contributed by atoms with Gasteiger partial charge in [-0.25, -0.2) is 0 Å². The van der Waals surface area contributed by atoms with Crippen molar-refractivity contribution in [2.24, 2.45) is 11.8 Å². The summed E-state index contributed by atoms with van der Waals surface area (Å²) in [5, 5.41) is 3.45. The fraction of sp³-hybridized carbons (Fsp3) is 1.00. The zero-order chi connectivity index (χ0) is 8.27. The zero-order valence-corrected chi connectivity index (χ0v) is 7.76. The molecular formula is C9H19NO. The van der Waals surface area contributed by atoms with Crippen LogP contribution in [0.15, 0.2) is 0 Å². The molecule has 0 aromatic carbocycles. The summed E-state index contributed by atoms with van der Waals surface area (Å²) < 4.78 is 5.14. The number of nitrogens with one attached hydrogen (secondary N) is 1. The topological polar surface area (TPSA) is 21.3 Å². The van der Waals surface area contributed by atoms with Crippen LogP contribution in [-0.4, -0.2) is 26.3 Å². The van der Waals surface area contributed by atoms with Gasteiger partial charge in [-0.1, -0.05) is 6.92 Å². The van der Waals surface area contributed by atoms with Gasteiger partial charge in [0.25, 0.3) is 0 Å². The monoisotopic (exact) mass is 157 g/mol. The molecule has 3 atom stereocenters. The third-order valence-electron chi connectivity index (χ3n) is 2.75. The fourth-order valence-corrected chi connectivity index (χ4v) is 2.04. The number of rotatable bonds is 3. The molecule has 3 unspecified atom stereocenters. The van der Waals surface area contributed by atoms with Crippen LogP contribution in [0, 0.1) is 11.8 Å². The first kappa shape index (κ1) is 9.01. The second-order valence-corrected chi connectivity index (χ2v) is 3.63. The Kier molecular flexibility index (Phi) is 3.34. The Hall–Kier alpha value is -0.0800. The van der Waals surface area contributed by atoms with Crippen molar-refractivity contribution in [3.05, 3.63) is 0 Å². The molecule has 2 nitrogen and oxygen atoms in total. The lowest BCUT2D eigenvalue weighted by Gasteiger charge is -2.21. The molecule has 1 N–H and O–H groups in total. The molecule has 0 aromatic heterocycles. The van der Waals surface area contributed by atoms with E-state index in [0.717, 1.165) is 12.5 Å². The summed E-state index contributed by atoms with van der Waals surface area (Å²) in [5.74, 6) is 1.51. The maximum atomic E-state index is 5.14. The Labute approximate surface area is 69.3 Å². The molecule has 0 aromatic rings. The molecular weight excluding hydrogens is 138 g/mol. The minimum Gasteiger partial charge on any atom is -0.384 e. The number of hydrogen-bond donors (Lipinski definition) is 1. The Morgan fingerprint density at radius 3 is 2.82 bits per heavy atom. The second kappa shape index (κ2) is 4.07. The van der Waals surface area contributed by atoms with Gasteiger partial charge in [0, 0.05) is 19.8 Å². The summed E-state index contributed by atoms with van der Waals surface area (Å²) in [5.41, 5.74) is 0. The first-order valence-electron chi connectivity index (χ1n) is 4.48. The molecule has 11 heavy (non-hydrogen) atoms. The largest absolute Gasteiger partial charge is 0.384 e. The second-order valence-electron chi connectivity index (χ2n) is 3.63. The molecule has 1 rings (SSSR count). The van der Waals surface area contributed by atoms with Crippen LogP contribution in [0.5, 0.6) is 0 Å². The van der Waals surface area contributed by atoms with Crippen LogP contribution in [0.4, 0.5) is 0 Å². The molecule has 2 heteroatoms. The van der Waals surface area contributed by atoms with Crippen LogP contribution in [-0.2, 0) is 4.74 Å². The maximum Gasteiger partial charge on any atom is 0.0491 e. The third-order valence-corrected chi connectivity index (χ3v) is 2.75. The molecule has 66 valence electrons. The van der Waals surface area contributed by atoms with Gasteiger partial charge in [-0.05, 0) is 31.7 Å². The van der Waals surface area contributed by atoms with Crippen molar-refractivity contribution in [1.82, 2.24) is 5.32 Å². The fourth-order valence-electron chi connectivity index (χ4n) is 2.04. The number of hydrogen-bond acceptors (Lipinski definition) is 2. The summed E-state index contributed by atoms with van der Waals surface area (Å²) >= 11 is 0. The van der Waals surface area contributed by atoms with E-state index in [1.807, 2.05) is 0 Å². The molecule has 1 fully saturated rings. The Bertz CT molecular complexity index is 116. The van der Waals surface area contributed by atoms with E-state index in [2.05, 4.69) is 19.2 Å². The zero-order valence-electron chi connectivity index (χ0n) is 7.76. The average Bonchev–Trinajstić information content (AvgIpc) is 2.36. The number of methoxy groups -OCH3 is 1. The van der Waals surface area contributed by atoms with E-state index in [-0.39, 0.29) is 0 Å². The van der Waals surface area contributed by atoms with Crippen LogP contribution in [0.1, 0.15) is 20.3 Å². The van der Waals surface area contributed by atoms with Gasteiger partial charge in [0.15, 0.2) is 0 Å². The van der Waals surface area contributed by atoms with Crippen LogP contribution in [0.3, 0.4) is 0 Å². The standard InChI is InChI=1S/C9H19NO/c1-7(6-11-3)9-4-5-10-8(9)2/h7-10H,4-6H2,1-3H3. The molecule has 0 saturated carbocycles. The van der Waals surface area contributed by atoms with Crippen LogP contribution < -0.4 is 5.32 Å². The molecule has 0 amide bonds. The van der Waals surface area contributed by atoms with Crippen molar-refractivity contribution >= 4 is 0 Å². The lowest BCUT2D eigenvalue weighted by molar-refractivity contribution is 0.126. The quantitative estimate of drug-likeness (QED) is 0.666. The van der Waals surface area contributed by atoms with Gasteiger partial charge in [-0.2, -0.15) is 0 Å². The van der Waals surface area contributed by atoms with Gasteiger partial charge in [0.1, 0.15) is 0 Å². The maximum absolute atomic E-state index is 5.14. The van der Waals surface area contributed by atoms with E-state index in [0.29, 0.717) is 12.0 Å².